The van der Waals surface area contributed by atoms with Crippen LogP contribution in [-0.2, 0) is 9.53 Å². The second-order valence-electron chi connectivity index (χ2n) is 3.81. The molecule has 0 spiro atoms. The van der Waals surface area contributed by atoms with Crippen molar-refractivity contribution >= 4 is 11.7 Å². The minimum Gasteiger partial charge on any atom is -0.369 e. The summed E-state index contributed by atoms with van der Waals surface area (Å²) < 4.78 is 5.15. The van der Waals surface area contributed by atoms with Crippen molar-refractivity contribution in [2.24, 2.45) is 0 Å². The van der Waals surface area contributed by atoms with Gasteiger partial charge < -0.3 is 10.1 Å². The number of ether oxygens (including phenoxy) is 1. The Morgan fingerprint density at radius 2 is 2.06 bits per heavy atom. The van der Waals surface area contributed by atoms with E-state index in [0.717, 1.165) is 5.56 Å². The molecule has 1 aliphatic heterocycles. The Morgan fingerprint density at radius 1 is 1.38 bits per heavy atom. The van der Waals surface area contributed by atoms with Crippen LogP contribution in [0.5, 0.6) is 0 Å². The number of ketones is 1. The molecule has 0 radical (unpaired) electrons. The lowest BCUT2D eigenvalue weighted by atomic mass is 10.0. The number of morpholine rings is 1. The zero-order valence-electron chi connectivity index (χ0n) is 9.03. The Kier molecular flexibility index (Phi) is 3.01. The van der Waals surface area contributed by atoms with Gasteiger partial charge in [-0.25, -0.2) is 0 Å². The van der Waals surface area contributed by atoms with Crippen molar-refractivity contribution in [1.29, 1.82) is 0 Å². The van der Waals surface area contributed by atoms with E-state index in [1.807, 2.05) is 12.1 Å². The summed E-state index contributed by atoms with van der Waals surface area (Å²) >= 11 is 0. The van der Waals surface area contributed by atoms with Crippen LogP contribution in [0.4, 0.5) is 0 Å². The van der Waals surface area contributed by atoms with Gasteiger partial charge in [-0.05, 0) is 12.5 Å². The minimum atomic E-state index is -0.109. The lowest BCUT2D eigenvalue weighted by molar-refractivity contribution is -0.131. The summed E-state index contributed by atoms with van der Waals surface area (Å²) in [5.41, 5.74) is 1.63. The fraction of sp³-hybridized carbons (Fsp3) is 0.333. The molecule has 1 fully saturated rings. The van der Waals surface area contributed by atoms with Crippen molar-refractivity contribution in [3.05, 3.63) is 35.4 Å². The highest BCUT2D eigenvalue weighted by Crippen LogP contribution is 2.16. The van der Waals surface area contributed by atoms with Crippen LogP contribution in [0.2, 0.25) is 0 Å². The van der Waals surface area contributed by atoms with Gasteiger partial charge in [-0.2, -0.15) is 0 Å². The summed E-state index contributed by atoms with van der Waals surface area (Å²) in [5, 5.41) is 2.83. The molecular weight excluding hydrogens is 206 g/mol. The zero-order valence-corrected chi connectivity index (χ0v) is 9.03. The largest absolute Gasteiger partial charge is 0.369 e. The summed E-state index contributed by atoms with van der Waals surface area (Å²) in [6, 6.07) is 7.10. The topological polar surface area (TPSA) is 55.4 Å². The van der Waals surface area contributed by atoms with E-state index in [1.165, 1.54) is 6.92 Å². The van der Waals surface area contributed by atoms with Crippen molar-refractivity contribution in [3.8, 4) is 0 Å². The lowest BCUT2D eigenvalue weighted by Gasteiger charge is -2.23. The molecule has 84 valence electrons. The van der Waals surface area contributed by atoms with Crippen molar-refractivity contribution in [3.63, 3.8) is 0 Å². The molecule has 1 amide bonds. The number of nitrogens with one attached hydrogen (secondary N) is 1. The number of rotatable bonds is 2. The molecule has 1 aromatic carbocycles. The average molecular weight is 219 g/mol. The van der Waals surface area contributed by atoms with E-state index in [2.05, 4.69) is 5.32 Å². The summed E-state index contributed by atoms with van der Waals surface area (Å²) in [7, 11) is 0. The maximum atomic E-state index is 11.1. The molecule has 1 unspecified atom stereocenters. The first-order valence-electron chi connectivity index (χ1n) is 5.15. The van der Waals surface area contributed by atoms with Gasteiger partial charge >= 0.3 is 0 Å². The normalized spacial score (nSPS) is 20.3. The molecule has 1 aliphatic rings. The van der Waals surface area contributed by atoms with Gasteiger partial charge in [0, 0.05) is 5.56 Å². The Bertz CT molecular complexity index is 411. The number of hydrogen-bond donors (Lipinski definition) is 1. The summed E-state index contributed by atoms with van der Waals surface area (Å²) in [5.74, 6) is -0.0672. The Morgan fingerprint density at radius 3 is 2.62 bits per heavy atom. The molecule has 4 nitrogen and oxygen atoms in total. The van der Waals surface area contributed by atoms with E-state index in [-0.39, 0.29) is 24.3 Å². The molecule has 0 aliphatic carbocycles. The number of benzene rings is 1. The molecule has 16 heavy (non-hydrogen) atoms. The quantitative estimate of drug-likeness (QED) is 0.757. The molecule has 4 heteroatoms. The molecule has 1 atom stereocenters. The highest BCUT2D eigenvalue weighted by Gasteiger charge is 2.19. The van der Waals surface area contributed by atoms with Gasteiger partial charge in [0.1, 0.15) is 6.61 Å². The summed E-state index contributed by atoms with van der Waals surface area (Å²) in [6.07, 6.45) is 0. The Labute approximate surface area is 93.6 Å². The van der Waals surface area contributed by atoms with Gasteiger partial charge in [-0.15, -0.1) is 0 Å². The fourth-order valence-electron chi connectivity index (χ4n) is 1.68. The fourth-order valence-corrected chi connectivity index (χ4v) is 1.68. The van der Waals surface area contributed by atoms with E-state index in [0.29, 0.717) is 12.2 Å². The van der Waals surface area contributed by atoms with E-state index in [9.17, 15) is 9.59 Å². The molecule has 1 aromatic rings. The van der Waals surface area contributed by atoms with Gasteiger partial charge in [-0.3, -0.25) is 9.59 Å². The van der Waals surface area contributed by atoms with Crippen LogP contribution in [0.1, 0.15) is 28.9 Å². The van der Waals surface area contributed by atoms with Crippen LogP contribution in [-0.4, -0.2) is 24.9 Å². The third-order valence-electron chi connectivity index (χ3n) is 2.57. The molecular formula is C12H13NO3. The van der Waals surface area contributed by atoms with Crippen molar-refractivity contribution in [1.82, 2.24) is 5.32 Å². The predicted molar refractivity (Wildman–Crippen MR) is 58.1 cm³/mol. The molecule has 2 rings (SSSR count). The van der Waals surface area contributed by atoms with E-state index in [1.54, 1.807) is 12.1 Å². The second kappa shape index (κ2) is 4.45. The first kappa shape index (κ1) is 10.8. The average Bonchev–Trinajstić information content (AvgIpc) is 2.29. The molecule has 1 N–H and O–H groups in total. The van der Waals surface area contributed by atoms with Gasteiger partial charge in [0.05, 0.1) is 12.6 Å². The molecule has 0 aromatic heterocycles. The first-order chi connectivity index (χ1) is 7.66. The molecule has 1 saturated heterocycles. The van der Waals surface area contributed by atoms with Gasteiger partial charge in [0.2, 0.25) is 5.91 Å². The van der Waals surface area contributed by atoms with Crippen molar-refractivity contribution in [2.45, 2.75) is 13.0 Å². The number of carbonyl (C=O) groups is 2. The Balaban J connectivity index is 2.14. The smallest absolute Gasteiger partial charge is 0.246 e. The van der Waals surface area contributed by atoms with Crippen LogP contribution in [0.15, 0.2) is 24.3 Å². The van der Waals surface area contributed by atoms with Gasteiger partial charge in [0.25, 0.3) is 0 Å². The monoisotopic (exact) mass is 219 g/mol. The maximum Gasteiger partial charge on any atom is 0.246 e. The minimum absolute atomic E-state index is 0.0375. The molecule has 0 bridgehead atoms. The molecule has 1 heterocycles. The van der Waals surface area contributed by atoms with Crippen LogP contribution in [0.3, 0.4) is 0 Å². The predicted octanol–water partition coefficient (Wildman–Crippen LogP) is 1.08. The first-order valence-corrected chi connectivity index (χ1v) is 5.15. The van der Waals surface area contributed by atoms with Gasteiger partial charge in [-0.1, -0.05) is 24.3 Å². The molecule has 0 saturated carbocycles. The highest BCUT2D eigenvalue weighted by atomic mass is 16.5. The lowest BCUT2D eigenvalue weighted by Crippen LogP contribution is -2.39. The van der Waals surface area contributed by atoms with Crippen LogP contribution < -0.4 is 5.32 Å². The standard InChI is InChI=1S/C12H13NO3/c1-8(14)9-2-4-10(5-3-9)11-6-16-7-12(15)13-11/h2-5,11H,6-7H2,1H3,(H,13,15). The van der Waals surface area contributed by atoms with Gasteiger partial charge in [0.15, 0.2) is 5.78 Å². The van der Waals surface area contributed by atoms with E-state index < -0.39 is 0 Å². The SMILES string of the molecule is CC(=O)c1ccc(C2COCC(=O)N2)cc1. The van der Waals surface area contributed by atoms with E-state index in [4.69, 9.17) is 4.74 Å². The van der Waals surface area contributed by atoms with Crippen LogP contribution in [0, 0.1) is 0 Å². The maximum absolute atomic E-state index is 11.1. The third kappa shape index (κ3) is 2.28. The van der Waals surface area contributed by atoms with Crippen LogP contribution in [0.25, 0.3) is 0 Å². The zero-order chi connectivity index (χ0) is 11.5. The Hall–Kier alpha value is -1.68. The number of carbonyl (C=O) groups excluding carboxylic acids is 2. The van der Waals surface area contributed by atoms with Crippen LogP contribution >= 0.6 is 0 Å². The number of Topliss-reactive ketones (excluding diaryl/α,β-unsaturated/α-hetero) is 1. The third-order valence-corrected chi connectivity index (χ3v) is 2.57. The van der Waals surface area contributed by atoms with Crippen molar-refractivity contribution < 1.29 is 14.3 Å². The second-order valence-corrected chi connectivity index (χ2v) is 3.81. The summed E-state index contributed by atoms with van der Waals surface area (Å²) in [6.45, 7) is 2.13. The summed E-state index contributed by atoms with van der Waals surface area (Å²) in [4.78, 5) is 22.2. The van der Waals surface area contributed by atoms with E-state index >= 15 is 0 Å². The highest BCUT2D eigenvalue weighted by molar-refractivity contribution is 5.94. The van der Waals surface area contributed by atoms with Crippen molar-refractivity contribution in [2.75, 3.05) is 13.2 Å². The number of hydrogen-bond acceptors (Lipinski definition) is 3. The number of amides is 1.